The molecule has 0 bridgehead atoms. The van der Waals surface area contributed by atoms with Gasteiger partial charge in [0.2, 0.25) is 0 Å². The Balaban J connectivity index is 1.92. The molecule has 1 heterocycles. The molecule has 3 rings (SSSR count). The van der Waals surface area contributed by atoms with E-state index in [-0.39, 0.29) is 5.56 Å². The molecule has 1 amide bonds. The molecule has 0 fully saturated rings. The predicted molar refractivity (Wildman–Crippen MR) is 72.6 cm³/mol. The van der Waals surface area contributed by atoms with E-state index < -0.39 is 29.0 Å². The number of carbonyl (C=O) groups excluding carboxylic acids is 1. The van der Waals surface area contributed by atoms with Gasteiger partial charge in [0, 0.05) is 29.4 Å². The van der Waals surface area contributed by atoms with Crippen molar-refractivity contribution in [1.82, 2.24) is 4.98 Å². The molecule has 0 aliphatic carbocycles. The van der Waals surface area contributed by atoms with Gasteiger partial charge in [0.15, 0.2) is 11.6 Å². The summed E-state index contributed by atoms with van der Waals surface area (Å²) in [5.41, 5.74) is 0.281. The molecule has 2 N–H and O–H groups in total. The summed E-state index contributed by atoms with van der Waals surface area (Å²) in [4.78, 5) is 14.9. The molecule has 3 aromatic rings. The summed E-state index contributed by atoms with van der Waals surface area (Å²) in [5.74, 6) is -4.06. The Hall–Kier alpha value is -2.76. The molecule has 0 aliphatic heterocycles. The molecule has 0 radical (unpaired) electrons. The third-order valence-electron chi connectivity index (χ3n) is 3.06. The van der Waals surface area contributed by atoms with Gasteiger partial charge >= 0.3 is 0 Å². The Morgan fingerprint density at radius 1 is 1.00 bits per heavy atom. The third-order valence-corrected chi connectivity index (χ3v) is 3.06. The van der Waals surface area contributed by atoms with E-state index in [1.807, 2.05) is 6.07 Å². The number of rotatable bonds is 2. The first kappa shape index (κ1) is 13.2. The summed E-state index contributed by atoms with van der Waals surface area (Å²) in [7, 11) is 0. The molecule has 106 valence electrons. The minimum Gasteiger partial charge on any atom is -0.361 e. The average molecular weight is 290 g/mol. The van der Waals surface area contributed by atoms with Gasteiger partial charge in [-0.3, -0.25) is 4.79 Å². The van der Waals surface area contributed by atoms with Crippen molar-refractivity contribution >= 4 is 22.5 Å². The maximum Gasteiger partial charge on any atom is 0.255 e. The van der Waals surface area contributed by atoms with E-state index in [1.54, 1.807) is 18.3 Å². The topological polar surface area (TPSA) is 44.9 Å². The van der Waals surface area contributed by atoms with E-state index in [4.69, 9.17) is 0 Å². The summed E-state index contributed by atoms with van der Waals surface area (Å²) in [6.07, 6.45) is 1.71. The Morgan fingerprint density at radius 2 is 1.71 bits per heavy atom. The van der Waals surface area contributed by atoms with Gasteiger partial charge in [0.05, 0.1) is 0 Å². The van der Waals surface area contributed by atoms with Crippen molar-refractivity contribution in [3.05, 3.63) is 65.6 Å². The fourth-order valence-electron chi connectivity index (χ4n) is 2.04. The third kappa shape index (κ3) is 2.47. The molecule has 6 heteroatoms. The largest absolute Gasteiger partial charge is 0.361 e. The van der Waals surface area contributed by atoms with Crippen molar-refractivity contribution in [2.24, 2.45) is 0 Å². The van der Waals surface area contributed by atoms with Crippen LogP contribution in [0.25, 0.3) is 10.9 Å². The monoisotopic (exact) mass is 290 g/mol. The minimum atomic E-state index is -1.16. The number of H-pyrrole nitrogens is 1. The van der Waals surface area contributed by atoms with Crippen LogP contribution in [0.4, 0.5) is 18.9 Å². The summed E-state index contributed by atoms with van der Waals surface area (Å²) < 4.78 is 39.8. The van der Waals surface area contributed by atoms with Crippen LogP contribution in [-0.2, 0) is 0 Å². The van der Waals surface area contributed by atoms with Gasteiger partial charge in [0.25, 0.3) is 5.91 Å². The Kier molecular flexibility index (Phi) is 3.13. The van der Waals surface area contributed by atoms with Crippen LogP contribution in [0.3, 0.4) is 0 Å². The van der Waals surface area contributed by atoms with E-state index in [1.165, 1.54) is 6.07 Å². The van der Waals surface area contributed by atoms with Gasteiger partial charge in [-0.25, -0.2) is 13.2 Å². The molecule has 0 saturated carbocycles. The highest BCUT2D eigenvalue weighted by Gasteiger charge is 2.15. The lowest BCUT2D eigenvalue weighted by molar-refractivity contribution is 0.102. The summed E-state index contributed by atoms with van der Waals surface area (Å²) >= 11 is 0. The molecule has 0 spiro atoms. The number of halogens is 3. The van der Waals surface area contributed by atoms with Crippen molar-refractivity contribution in [3.8, 4) is 0 Å². The molecule has 0 saturated heterocycles. The molecular formula is C15H9F3N2O. The molecule has 0 atom stereocenters. The van der Waals surface area contributed by atoms with E-state index in [9.17, 15) is 18.0 Å². The van der Waals surface area contributed by atoms with Crippen LogP contribution in [0, 0.1) is 17.5 Å². The second-order valence-electron chi connectivity index (χ2n) is 4.48. The van der Waals surface area contributed by atoms with E-state index >= 15 is 0 Å². The van der Waals surface area contributed by atoms with Gasteiger partial charge in [-0.15, -0.1) is 0 Å². The van der Waals surface area contributed by atoms with Crippen LogP contribution in [0.5, 0.6) is 0 Å². The Morgan fingerprint density at radius 3 is 2.43 bits per heavy atom. The van der Waals surface area contributed by atoms with Crippen LogP contribution < -0.4 is 5.32 Å². The zero-order valence-electron chi connectivity index (χ0n) is 10.6. The number of nitrogens with one attached hydrogen (secondary N) is 2. The van der Waals surface area contributed by atoms with Crippen LogP contribution in [-0.4, -0.2) is 10.9 Å². The highest BCUT2D eigenvalue weighted by atomic mass is 19.1. The molecule has 0 unspecified atom stereocenters. The number of amides is 1. The van der Waals surface area contributed by atoms with Gasteiger partial charge < -0.3 is 10.3 Å². The Labute approximate surface area is 117 Å². The quantitative estimate of drug-likeness (QED) is 0.740. The SMILES string of the molecule is O=C(Nc1c(F)cc(F)cc1F)c1ccc2cc[nH]c2c1. The molecule has 2 aromatic carbocycles. The van der Waals surface area contributed by atoms with Crippen molar-refractivity contribution < 1.29 is 18.0 Å². The van der Waals surface area contributed by atoms with Crippen molar-refractivity contribution in [2.75, 3.05) is 5.32 Å². The van der Waals surface area contributed by atoms with E-state index in [0.717, 1.165) is 10.9 Å². The highest BCUT2D eigenvalue weighted by molar-refractivity contribution is 6.06. The maximum absolute atomic E-state index is 13.5. The second kappa shape index (κ2) is 4.97. The minimum absolute atomic E-state index is 0.230. The average Bonchev–Trinajstić information content (AvgIpc) is 2.89. The molecule has 3 nitrogen and oxygen atoms in total. The number of anilines is 1. The fraction of sp³-hybridized carbons (Fsp3) is 0. The lowest BCUT2D eigenvalue weighted by Gasteiger charge is -2.08. The summed E-state index contributed by atoms with van der Waals surface area (Å²) in [5, 5.41) is 3.02. The van der Waals surface area contributed by atoms with Gasteiger partial charge in [0.1, 0.15) is 11.5 Å². The number of fused-ring (bicyclic) bond motifs is 1. The lowest BCUT2D eigenvalue weighted by Crippen LogP contribution is -2.14. The molecule has 0 aliphatic rings. The van der Waals surface area contributed by atoms with E-state index in [2.05, 4.69) is 10.3 Å². The normalized spacial score (nSPS) is 10.8. The number of aromatic amines is 1. The molecular weight excluding hydrogens is 281 g/mol. The number of carbonyl (C=O) groups is 1. The van der Waals surface area contributed by atoms with Crippen LogP contribution in [0.2, 0.25) is 0 Å². The van der Waals surface area contributed by atoms with Gasteiger partial charge in [-0.1, -0.05) is 6.07 Å². The first-order chi connectivity index (χ1) is 10.0. The van der Waals surface area contributed by atoms with Crippen molar-refractivity contribution in [3.63, 3.8) is 0 Å². The number of hydrogen-bond donors (Lipinski definition) is 2. The van der Waals surface area contributed by atoms with Gasteiger partial charge in [-0.05, 0) is 23.6 Å². The number of hydrogen-bond acceptors (Lipinski definition) is 1. The summed E-state index contributed by atoms with van der Waals surface area (Å²) in [6, 6.07) is 7.64. The first-order valence-corrected chi connectivity index (χ1v) is 6.07. The summed E-state index contributed by atoms with van der Waals surface area (Å²) in [6.45, 7) is 0. The lowest BCUT2D eigenvalue weighted by atomic mass is 10.1. The first-order valence-electron chi connectivity index (χ1n) is 6.07. The second-order valence-corrected chi connectivity index (χ2v) is 4.48. The number of benzene rings is 2. The van der Waals surface area contributed by atoms with Crippen LogP contribution in [0.1, 0.15) is 10.4 Å². The maximum atomic E-state index is 13.5. The zero-order valence-corrected chi connectivity index (χ0v) is 10.6. The highest BCUT2D eigenvalue weighted by Crippen LogP contribution is 2.21. The van der Waals surface area contributed by atoms with E-state index in [0.29, 0.717) is 12.1 Å². The predicted octanol–water partition coefficient (Wildman–Crippen LogP) is 3.84. The zero-order chi connectivity index (χ0) is 15.0. The van der Waals surface area contributed by atoms with Crippen molar-refractivity contribution in [2.45, 2.75) is 0 Å². The molecule has 21 heavy (non-hydrogen) atoms. The van der Waals surface area contributed by atoms with Crippen LogP contribution in [0.15, 0.2) is 42.6 Å². The smallest absolute Gasteiger partial charge is 0.255 e. The Bertz CT molecular complexity index is 819. The molecule has 1 aromatic heterocycles. The standard InChI is InChI=1S/C15H9F3N2O/c16-10-6-11(17)14(12(18)7-10)20-15(21)9-2-1-8-3-4-19-13(8)5-9/h1-7,19H,(H,20,21). The fourth-order valence-corrected chi connectivity index (χ4v) is 2.04. The van der Waals surface area contributed by atoms with Crippen LogP contribution >= 0.6 is 0 Å². The van der Waals surface area contributed by atoms with Crippen molar-refractivity contribution in [1.29, 1.82) is 0 Å². The number of aromatic nitrogens is 1. The van der Waals surface area contributed by atoms with Gasteiger partial charge in [-0.2, -0.15) is 0 Å².